The van der Waals surface area contributed by atoms with E-state index in [9.17, 15) is 0 Å². The molecule has 0 aliphatic rings. The van der Waals surface area contributed by atoms with Gasteiger partial charge in [0.25, 0.3) is 0 Å². The zero-order valence-corrected chi connectivity index (χ0v) is 13.1. The molecule has 0 spiro atoms. The molecule has 0 amide bonds. The van der Waals surface area contributed by atoms with E-state index in [-0.39, 0.29) is 11.1 Å². The minimum absolute atomic E-state index is 0.0824. The number of halogens is 4. The second-order valence-electron chi connectivity index (χ2n) is 3.54. The van der Waals surface area contributed by atoms with Gasteiger partial charge in [-0.25, -0.2) is 0 Å². The second-order valence-corrected chi connectivity index (χ2v) is 16.8. The molecule has 0 heterocycles. The summed E-state index contributed by atoms with van der Waals surface area (Å²) in [6.45, 7) is 2.16. The highest BCUT2D eigenvalue weighted by Crippen LogP contribution is 2.40. The molecule has 0 saturated heterocycles. The van der Waals surface area contributed by atoms with E-state index < -0.39 is 13.9 Å². The summed E-state index contributed by atoms with van der Waals surface area (Å²) in [6.07, 6.45) is 0. The first-order valence-electron chi connectivity index (χ1n) is 4.05. The first kappa shape index (κ1) is 14.6. The molecule has 0 rings (SSSR count). The Labute approximate surface area is 101 Å². The number of rotatable bonds is 4. The summed E-state index contributed by atoms with van der Waals surface area (Å²) in [4.78, 5) is 0. The van der Waals surface area contributed by atoms with Crippen LogP contribution in [-0.2, 0) is 4.12 Å². The maximum atomic E-state index is 6.05. The highest BCUT2D eigenvalue weighted by Gasteiger charge is 2.47. The van der Waals surface area contributed by atoms with E-state index in [2.05, 4.69) is 0 Å². The van der Waals surface area contributed by atoms with E-state index in [4.69, 9.17) is 48.4 Å². The molecule has 0 N–H and O–H groups in total. The third kappa shape index (κ3) is 4.73. The van der Waals surface area contributed by atoms with Crippen molar-refractivity contribution in [3.8, 4) is 0 Å². The van der Waals surface area contributed by atoms with E-state index in [1.165, 1.54) is 0 Å². The summed E-state index contributed by atoms with van der Waals surface area (Å²) < 4.78 is 5.49. The molecule has 0 atom stereocenters. The van der Waals surface area contributed by atoms with Gasteiger partial charge in [-0.1, -0.05) is 27.7 Å². The average Bonchev–Trinajstić information content (AvgIpc) is 1.83. The molecule has 0 aromatic carbocycles. The lowest BCUT2D eigenvalue weighted by Gasteiger charge is -2.30. The van der Waals surface area contributed by atoms with E-state index in [0.717, 1.165) is 0 Å². The van der Waals surface area contributed by atoms with Crippen molar-refractivity contribution in [3.05, 3.63) is 0 Å². The van der Waals surface area contributed by atoms with Crippen LogP contribution in [0.1, 0.15) is 27.7 Å². The van der Waals surface area contributed by atoms with Gasteiger partial charge in [-0.2, -0.15) is 0 Å². The lowest BCUT2D eigenvalue weighted by molar-refractivity contribution is 0.571. The van der Waals surface area contributed by atoms with Crippen LogP contribution < -0.4 is 0 Å². The average molecular weight is 300 g/mol. The van der Waals surface area contributed by atoms with Gasteiger partial charge in [0.05, 0.1) is 0 Å². The van der Waals surface area contributed by atoms with Gasteiger partial charge in [0, 0.05) is 0 Å². The fourth-order valence-electron chi connectivity index (χ4n) is 0.417. The van der Waals surface area contributed by atoms with Crippen molar-refractivity contribution in [1.82, 2.24) is 0 Å². The van der Waals surface area contributed by atoms with Gasteiger partial charge in [-0.05, 0) is 11.1 Å². The Morgan fingerprint density at radius 3 is 1.15 bits per heavy atom. The molecule has 0 fully saturated rings. The summed E-state index contributed by atoms with van der Waals surface area (Å²) >= 11 is 24.2. The van der Waals surface area contributed by atoms with E-state index >= 15 is 0 Å². The van der Waals surface area contributed by atoms with Gasteiger partial charge >= 0.3 is 13.9 Å². The van der Waals surface area contributed by atoms with Crippen LogP contribution >= 0.6 is 44.3 Å². The Morgan fingerprint density at radius 2 is 1.00 bits per heavy atom. The van der Waals surface area contributed by atoms with Crippen LogP contribution in [0.4, 0.5) is 0 Å². The Bertz CT molecular complexity index is 154. The number of hydrogen-bond donors (Lipinski definition) is 0. The van der Waals surface area contributed by atoms with Gasteiger partial charge in [-0.15, -0.1) is 44.3 Å². The normalized spacial score (nSPS) is 14.3. The largest absolute Gasteiger partial charge is 0.410 e. The highest BCUT2D eigenvalue weighted by molar-refractivity contribution is 7.51. The third-order valence-corrected chi connectivity index (χ3v) is 14.5. The van der Waals surface area contributed by atoms with Crippen LogP contribution in [0.25, 0.3) is 0 Å². The van der Waals surface area contributed by atoms with Crippen molar-refractivity contribution < 1.29 is 4.12 Å². The molecule has 80 valence electrons. The summed E-state index contributed by atoms with van der Waals surface area (Å²) in [5, 5.41) is 0. The molecule has 0 unspecified atom stereocenters. The van der Waals surface area contributed by atoms with Crippen LogP contribution in [0.2, 0.25) is 11.1 Å². The number of hydrogen-bond acceptors (Lipinski definition) is 1. The predicted molar refractivity (Wildman–Crippen MR) is 66.2 cm³/mol. The lowest BCUT2D eigenvalue weighted by Crippen LogP contribution is -2.42. The topological polar surface area (TPSA) is 9.23 Å². The van der Waals surface area contributed by atoms with Crippen LogP contribution in [-0.4, -0.2) is 13.9 Å². The molecule has 0 aromatic heterocycles. The first-order valence-corrected chi connectivity index (χ1v) is 12.1. The zero-order valence-electron chi connectivity index (χ0n) is 8.07. The molecule has 0 saturated carbocycles. The highest BCUT2D eigenvalue weighted by atomic mass is 35.7. The second kappa shape index (κ2) is 5.06. The minimum atomic E-state index is -2.74. The van der Waals surface area contributed by atoms with Crippen molar-refractivity contribution >= 4 is 58.2 Å². The molecule has 0 aromatic rings. The summed E-state index contributed by atoms with van der Waals surface area (Å²) in [7, 11) is 0. The van der Waals surface area contributed by atoms with Crippen molar-refractivity contribution in [2.75, 3.05) is 0 Å². The van der Waals surface area contributed by atoms with Gasteiger partial charge in [0.2, 0.25) is 0 Å². The van der Waals surface area contributed by atoms with E-state index in [1.54, 1.807) is 0 Å². The maximum absolute atomic E-state index is 6.05. The molecular formula is C6H14Cl4OSi2. The Kier molecular flexibility index (Phi) is 5.66. The van der Waals surface area contributed by atoms with Crippen molar-refractivity contribution in [2.45, 2.75) is 38.8 Å². The predicted octanol–water partition coefficient (Wildman–Crippen LogP) is 4.66. The standard InChI is InChI=1S/C6H14Cl4OSi2/c1-5(2)12(7,8)11-13(9,10)6(3)4/h5-6H,1-4H3. The lowest BCUT2D eigenvalue weighted by atomic mass is 10.6. The van der Waals surface area contributed by atoms with Gasteiger partial charge < -0.3 is 4.12 Å². The Hall–Kier alpha value is 1.55. The summed E-state index contributed by atoms with van der Waals surface area (Å²) in [5.74, 6) is 0. The van der Waals surface area contributed by atoms with Gasteiger partial charge in [0.1, 0.15) is 0 Å². The van der Waals surface area contributed by atoms with Crippen LogP contribution in [0.15, 0.2) is 0 Å². The van der Waals surface area contributed by atoms with Gasteiger partial charge in [-0.3, -0.25) is 0 Å². The van der Waals surface area contributed by atoms with E-state index in [1.807, 2.05) is 27.7 Å². The van der Waals surface area contributed by atoms with E-state index in [0.29, 0.717) is 0 Å². The fraction of sp³-hybridized carbons (Fsp3) is 1.00. The SMILES string of the molecule is CC(C)[Si](Cl)(Cl)O[Si](Cl)(Cl)C(C)C. The monoisotopic (exact) mass is 298 g/mol. The Morgan fingerprint density at radius 1 is 0.769 bits per heavy atom. The molecule has 0 aliphatic carbocycles. The van der Waals surface area contributed by atoms with Crippen molar-refractivity contribution in [2.24, 2.45) is 0 Å². The first-order chi connectivity index (χ1) is 5.59. The molecule has 1 nitrogen and oxygen atoms in total. The van der Waals surface area contributed by atoms with Gasteiger partial charge in [0.15, 0.2) is 0 Å². The van der Waals surface area contributed by atoms with Crippen molar-refractivity contribution in [3.63, 3.8) is 0 Å². The molecular weight excluding hydrogens is 286 g/mol. The Balaban J connectivity index is 4.42. The minimum Gasteiger partial charge on any atom is -0.410 e. The third-order valence-electron chi connectivity index (χ3n) is 1.62. The fourth-order valence-corrected chi connectivity index (χ4v) is 9.56. The molecule has 13 heavy (non-hydrogen) atoms. The molecule has 0 bridgehead atoms. The quantitative estimate of drug-likeness (QED) is 0.542. The summed E-state index contributed by atoms with van der Waals surface area (Å²) in [5.41, 5.74) is 0.165. The zero-order chi connectivity index (χ0) is 10.9. The van der Waals surface area contributed by atoms with Crippen molar-refractivity contribution in [1.29, 1.82) is 0 Å². The molecule has 7 heteroatoms. The van der Waals surface area contributed by atoms with Crippen LogP contribution in [0.5, 0.6) is 0 Å². The molecule has 0 aliphatic heterocycles. The maximum Gasteiger partial charge on any atom is 0.383 e. The molecule has 0 radical (unpaired) electrons. The smallest absolute Gasteiger partial charge is 0.383 e. The van der Waals surface area contributed by atoms with Crippen LogP contribution in [0.3, 0.4) is 0 Å². The van der Waals surface area contributed by atoms with Crippen LogP contribution in [0, 0.1) is 0 Å². The summed E-state index contributed by atoms with van der Waals surface area (Å²) in [6, 6.07) is 0.